The normalized spacial score (nSPS) is 15.9. The van der Waals surface area contributed by atoms with Crippen LogP contribution in [0.5, 0.6) is 0 Å². The molecule has 6 heteroatoms. The van der Waals surface area contributed by atoms with E-state index in [-0.39, 0.29) is 10.7 Å². The van der Waals surface area contributed by atoms with Gasteiger partial charge in [-0.2, -0.15) is 0 Å². The van der Waals surface area contributed by atoms with Crippen molar-refractivity contribution in [1.82, 2.24) is 0 Å². The van der Waals surface area contributed by atoms with Crippen LogP contribution in [0.1, 0.15) is 23.7 Å². The van der Waals surface area contributed by atoms with Crippen molar-refractivity contribution in [2.24, 2.45) is 0 Å². The SMILES string of the molecule is CS(=O)(=O)c1ccc(C(O)CN2CCCc3cc(F)ccc32)cc1. The first-order valence-electron chi connectivity index (χ1n) is 7.86. The molecule has 2 aromatic rings. The molecular weight excluding hydrogens is 329 g/mol. The summed E-state index contributed by atoms with van der Waals surface area (Å²) in [4.78, 5) is 2.28. The second-order valence-electron chi connectivity index (χ2n) is 6.18. The molecule has 0 aromatic heterocycles. The molecule has 24 heavy (non-hydrogen) atoms. The maximum Gasteiger partial charge on any atom is 0.175 e. The van der Waals surface area contributed by atoms with Gasteiger partial charge in [0.05, 0.1) is 11.0 Å². The predicted molar refractivity (Wildman–Crippen MR) is 91.4 cm³/mol. The van der Waals surface area contributed by atoms with E-state index in [1.807, 2.05) is 4.90 Å². The van der Waals surface area contributed by atoms with E-state index < -0.39 is 15.9 Å². The van der Waals surface area contributed by atoms with Gasteiger partial charge < -0.3 is 10.0 Å². The van der Waals surface area contributed by atoms with E-state index in [4.69, 9.17) is 0 Å². The third-order valence-electron chi connectivity index (χ3n) is 4.34. The topological polar surface area (TPSA) is 57.6 Å². The standard InChI is InChI=1S/C18H20FNO3S/c1-24(22,23)16-7-4-13(5-8-16)18(21)12-20-10-2-3-14-11-15(19)6-9-17(14)20/h4-9,11,18,21H,2-3,10,12H2,1H3. The number of sulfone groups is 1. The fourth-order valence-corrected chi connectivity index (χ4v) is 3.72. The summed E-state index contributed by atoms with van der Waals surface area (Å²) < 4.78 is 36.4. The monoisotopic (exact) mass is 349 g/mol. The Kier molecular flexibility index (Phi) is 4.60. The average Bonchev–Trinajstić information content (AvgIpc) is 2.54. The second-order valence-corrected chi connectivity index (χ2v) is 8.20. The number of fused-ring (bicyclic) bond motifs is 1. The van der Waals surface area contributed by atoms with Crippen LogP contribution in [0.15, 0.2) is 47.4 Å². The van der Waals surface area contributed by atoms with E-state index in [1.165, 1.54) is 18.2 Å². The smallest absolute Gasteiger partial charge is 0.175 e. The van der Waals surface area contributed by atoms with E-state index in [1.54, 1.807) is 24.3 Å². The Hall–Kier alpha value is -1.92. The number of β-amino-alcohol motifs (C(OH)–C–C–N with tert-alkyl or cyclic N) is 1. The number of aryl methyl sites for hydroxylation is 1. The largest absolute Gasteiger partial charge is 0.387 e. The Bertz CT molecular complexity index is 834. The first-order valence-corrected chi connectivity index (χ1v) is 9.75. The molecule has 1 unspecified atom stereocenters. The van der Waals surface area contributed by atoms with Gasteiger partial charge in [0.2, 0.25) is 0 Å². The third-order valence-corrected chi connectivity index (χ3v) is 5.47. The Morgan fingerprint density at radius 2 is 1.92 bits per heavy atom. The van der Waals surface area contributed by atoms with E-state index >= 15 is 0 Å². The van der Waals surface area contributed by atoms with E-state index in [0.29, 0.717) is 12.1 Å². The molecule has 4 nitrogen and oxygen atoms in total. The highest BCUT2D eigenvalue weighted by atomic mass is 32.2. The minimum absolute atomic E-state index is 0.234. The summed E-state index contributed by atoms with van der Waals surface area (Å²) in [6.45, 7) is 1.19. The zero-order valence-electron chi connectivity index (χ0n) is 13.4. The van der Waals surface area contributed by atoms with Crippen molar-refractivity contribution in [3.63, 3.8) is 0 Å². The van der Waals surface area contributed by atoms with E-state index in [2.05, 4.69) is 0 Å². The number of aliphatic hydroxyl groups is 1. The van der Waals surface area contributed by atoms with Crippen molar-refractivity contribution in [2.45, 2.75) is 23.8 Å². The summed E-state index contributed by atoms with van der Waals surface area (Å²) in [5.74, 6) is -0.243. The molecule has 1 atom stereocenters. The predicted octanol–water partition coefficient (Wildman–Crippen LogP) is 2.72. The van der Waals surface area contributed by atoms with Crippen molar-refractivity contribution in [1.29, 1.82) is 0 Å². The first kappa shape index (κ1) is 16.9. The zero-order valence-corrected chi connectivity index (χ0v) is 14.3. The van der Waals surface area contributed by atoms with Gasteiger partial charge in [-0.3, -0.25) is 0 Å². The van der Waals surface area contributed by atoms with Crippen molar-refractivity contribution >= 4 is 15.5 Å². The Balaban J connectivity index is 1.77. The van der Waals surface area contributed by atoms with Gasteiger partial charge in [-0.05, 0) is 54.3 Å². The van der Waals surface area contributed by atoms with Crippen LogP contribution in [-0.4, -0.2) is 32.9 Å². The molecule has 0 amide bonds. The van der Waals surface area contributed by atoms with Gasteiger partial charge >= 0.3 is 0 Å². The number of aliphatic hydroxyl groups excluding tert-OH is 1. The number of hydrogen-bond acceptors (Lipinski definition) is 4. The molecule has 0 bridgehead atoms. The van der Waals surface area contributed by atoms with Gasteiger partial charge in [0, 0.05) is 25.0 Å². The molecule has 2 aromatic carbocycles. The Morgan fingerprint density at radius 1 is 1.21 bits per heavy atom. The second kappa shape index (κ2) is 6.53. The van der Waals surface area contributed by atoms with Gasteiger partial charge in [-0.15, -0.1) is 0 Å². The molecule has 1 heterocycles. The maximum absolute atomic E-state index is 13.4. The summed E-state index contributed by atoms with van der Waals surface area (Å²) in [6.07, 6.45) is 2.16. The lowest BCUT2D eigenvalue weighted by atomic mass is 10.0. The summed E-state index contributed by atoms with van der Waals surface area (Å²) in [7, 11) is -3.24. The lowest BCUT2D eigenvalue weighted by Gasteiger charge is -2.33. The summed E-state index contributed by atoms with van der Waals surface area (Å²) in [6, 6.07) is 11.0. The van der Waals surface area contributed by atoms with E-state index in [9.17, 15) is 17.9 Å². The molecule has 1 aliphatic rings. The van der Waals surface area contributed by atoms with Crippen molar-refractivity contribution in [2.75, 3.05) is 24.2 Å². The van der Waals surface area contributed by atoms with Crippen LogP contribution in [0.4, 0.5) is 10.1 Å². The fraction of sp³-hybridized carbons (Fsp3) is 0.333. The molecule has 0 radical (unpaired) electrons. The average molecular weight is 349 g/mol. The van der Waals surface area contributed by atoms with Gasteiger partial charge in [0.25, 0.3) is 0 Å². The lowest BCUT2D eigenvalue weighted by Crippen LogP contribution is -2.33. The van der Waals surface area contributed by atoms with Gasteiger partial charge in [-0.25, -0.2) is 12.8 Å². The van der Waals surface area contributed by atoms with E-state index in [0.717, 1.165) is 36.9 Å². The Morgan fingerprint density at radius 3 is 2.58 bits per heavy atom. The number of halogens is 1. The van der Waals surface area contributed by atoms with Crippen LogP contribution in [0.2, 0.25) is 0 Å². The summed E-state index contributed by atoms with van der Waals surface area (Å²) in [5, 5.41) is 10.5. The third kappa shape index (κ3) is 3.60. The minimum Gasteiger partial charge on any atom is -0.387 e. The highest BCUT2D eigenvalue weighted by Crippen LogP contribution is 2.29. The maximum atomic E-state index is 13.4. The summed E-state index contributed by atoms with van der Waals surface area (Å²) in [5.41, 5.74) is 2.58. The minimum atomic E-state index is -3.24. The number of nitrogens with zero attached hydrogens (tertiary/aromatic N) is 1. The molecular formula is C18H20FNO3S. The van der Waals surface area contributed by atoms with Gasteiger partial charge in [-0.1, -0.05) is 12.1 Å². The molecule has 1 aliphatic heterocycles. The quantitative estimate of drug-likeness (QED) is 0.922. The number of anilines is 1. The summed E-state index contributed by atoms with van der Waals surface area (Å²) >= 11 is 0. The van der Waals surface area contributed by atoms with Crippen LogP contribution in [0.3, 0.4) is 0 Å². The highest BCUT2D eigenvalue weighted by molar-refractivity contribution is 7.90. The number of hydrogen-bond donors (Lipinski definition) is 1. The fourth-order valence-electron chi connectivity index (χ4n) is 3.08. The molecule has 1 N–H and O–H groups in total. The van der Waals surface area contributed by atoms with Crippen molar-refractivity contribution in [3.8, 4) is 0 Å². The molecule has 0 saturated carbocycles. The lowest BCUT2D eigenvalue weighted by molar-refractivity contribution is 0.182. The molecule has 3 rings (SSSR count). The van der Waals surface area contributed by atoms with Crippen molar-refractivity contribution in [3.05, 3.63) is 59.4 Å². The van der Waals surface area contributed by atoms with Gasteiger partial charge in [0.15, 0.2) is 9.84 Å². The van der Waals surface area contributed by atoms with Crippen LogP contribution in [0, 0.1) is 5.82 Å². The van der Waals surface area contributed by atoms with Crippen LogP contribution in [-0.2, 0) is 16.3 Å². The molecule has 128 valence electrons. The first-order chi connectivity index (χ1) is 11.3. The van der Waals surface area contributed by atoms with Crippen LogP contribution in [0.25, 0.3) is 0 Å². The molecule has 0 saturated heterocycles. The highest BCUT2D eigenvalue weighted by Gasteiger charge is 2.21. The van der Waals surface area contributed by atoms with Gasteiger partial charge in [0.1, 0.15) is 5.82 Å². The van der Waals surface area contributed by atoms with Crippen molar-refractivity contribution < 1.29 is 17.9 Å². The Labute approximate surface area is 141 Å². The number of benzene rings is 2. The van der Waals surface area contributed by atoms with Crippen LogP contribution >= 0.6 is 0 Å². The number of rotatable bonds is 4. The molecule has 0 fully saturated rings. The zero-order chi connectivity index (χ0) is 17.3. The molecule has 0 spiro atoms. The van der Waals surface area contributed by atoms with Crippen LogP contribution < -0.4 is 4.90 Å². The molecule has 0 aliphatic carbocycles.